The van der Waals surface area contributed by atoms with Gasteiger partial charge in [0.05, 0.1) is 0 Å². The van der Waals surface area contributed by atoms with E-state index in [-0.39, 0.29) is 51.0 Å². The fraction of sp³-hybridized carbons (Fsp3) is 0.0435. The number of hydrogen-bond donors (Lipinski definition) is 0. The molecule has 0 amide bonds. The van der Waals surface area contributed by atoms with Crippen LogP contribution in [0.5, 0.6) is 0 Å². The quantitative estimate of drug-likeness (QED) is 0.383. The van der Waals surface area contributed by atoms with Crippen molar-refractivity contribution in [1.29, 1.82) is 0 Å². The fourth-order valence-electron chi connectivity index (χ4n) is 3.16. The predicted octanol–water partition coefficient (Wildman–Crippen LogP) is 6.73. The molecule has 0 saturated heterocycles. The van der Waals surface area contributed by atoms with E-state index >= 15 is 0 Å². The first kappa shape index (κ1) is 22.6. The van der Waals surface area contributed by atoms with Gasteiger partial charge >= 0.3 is 0 Å². The molecule has 26 heavy (non-hydrogen) atoms. The molecule has 1 aliphatic rings. The van der Waals surface area contributed by atoms with Crippen LogP contribution in [-0.4, -0.2) is 0 Å². The molecule has 3 heteroatoms. The molecule has 3 aromatic carbocycles. The van der Waals surface area contributed by atoms with Gasteiger partial charge in [-0.2, -0.15) is 11.6 Å². The topological polar surface area (TPSA) is 0 Å². The first-order valence-electron chi connectivity index (χ1n) is 7.94. The summed E-state index contributed by atoms with van der Waals surface area (Å²) in [4.78, 5) is 0. The third-order valence-electron chi connectivity index (χ3n) is 4.24. The summed E-state index contributed by atoms with van der Waals surface area (Å²) in [5.74, 6) is 0. The molecule has 1 aliphatic carbocycles. The Kier molecular flexibility index (Phi) is 9.30. The Hall–Kier alpha value is -1.40. The maximum absolute atomic E-state index is 3.61. The van der Waals surface area contributed by atoms with Crippen molar-refractivity contribution < 1.29 is 26.2 Å². The zero-order valence-electron chi connectivity index (χ0n) is 14.2. The Morgan fingerprint density at radius 1 is 0.538 bits per heavy atom. The minimum Gasteiger partial charge on any atom is -0.196 e. The van der Waals surface area contributed by atoms with Crippen LogP contribution >= 0.6 is 24.8 Å². The molecule has 4 rings (SSSR count). The second-order valence-corrected chi connectivity index (χ2v) is 5.68. The summed E-state index contributed by atoms with van der Waals surface area (Å²) in [6, 6.07) is 31.9. The summed E-state index contributed by atoms with van der Waals surface area (Å²) in [7, 11) is 0. The first-order valence-corrected chi connectivity index (χ1v) is 7.94. The van der Waals surface area contributed by atoms with Gasteiger partial charge in [0, 0.05) is 26.2 Å². The van der Waals surface area contributed by atoms with E-state index < -0.39 is 0 Å². The van der Waals surface area contributed by atoms with E-state index in [9.17, 15) is 0 Å². The van der Waals surface area contributed by atoms with Crippen molar-refractivity contribution in [3.8, 4) is 0 Å². The second-order valence-electron chi connectivity index (χ2n) is 5.68. The number of halogens is 2. The van der Waals surface area contributed by atoms with Gasteiger partial charge in [-0.1, -0.05) is 96.4 Å². The summed E-state index contributed by atoms with van der Waals surface area (Å²) >= 11 is 0. The molecule has 0 saturated carbocycles. The van der Waals surface area contributed by atoms with Crippen molar-refractivity contribution in [2.45, 2.75) is 6.42 Å². The molecule has 0 bridgehead atoms. The van der Waals surface area contributed by atoms with E-state index in [4.69, 9.17) is 0 Å². The molecule has 0 radical (unpaired) electrons. The van der Waals surface area contributed by atoms with Crippen molar-refractivity contribution in [2.75, 3.05) is 0 Å². The average molecular weight is 458 g/mol. The van der Waals surface area contributed by atoms with Crippen molar-refractivity contribution in [1.82, 2.24) is 0 Å². The van der Waals surface area contributed by atoms with Crippen molar-refractivity contribution >= 4 is 41.5 Å². The minimum atomic E-state index is 0. The van der Waals surface area contributed by atoms with Crippen LogP contribution in [-0.2, 0) is 26.2 Å². The van der Waals surface area contributed by atoms with Gasteiger partial charge in [0.1, 0.15) is 0 Å². The Bertz CT molecular complexity index is 870. The Morgan fingerprint density at radius 3 is 1.46 bits per heavy atom. The Labute approximate surface area is 187 Å². The van der Waals surface area contributed by atoms with Crippen LogP contribution in [0.25, 0.3) is 16.7 Å². The fourth-order valence-corrected chi connectivity index (χ4v) is 3.16. The van der Waals surface area contributed by atoms with Crippen LogP contribution in [0.1, 0.15) is 23.1 Å². The molecule has 0 unspecified atom stereocenters. The van der Waals surface area contributed by atoms with Gasteiger partial charge in [0.2, 0.25) is 0 Å². The normalized spacial score (nSPS) is 12.4. The predicted molar refractivity (Wildman–Crippen MR) is 112 cm³/mol. The summed E-state index contributed by atoms with van der Waals surface area (Å²) in [5.41, 5.74) is 7.66. The zero-order chi connectivity index (χ0) is 15.5. The van der Waals surface area contributed by atoms with Gasteiger partial charge in [-0.15, -0.1) is 48.1 Å². The number of allylic oxidation sites excluding steroid dienone is 4. The monoisotopic (exact) mass is 455 g/mol. The molecule has 3 aromatic rings. The van der Waals surface area contributed by atoms with E-state index in [0.717, 1.165) is 6.42 Å². The van der Waals surface area contributed by atoms with Crippen molar-refractivity contribution in [2.24, 2.45) is 0 Å². The molecule has 0 fully saturated rings. The number of hydrogen-bond acceptors (Lipinski definition) is 0. The van der Waals surface area contributed by atoms with E-state index in [1.807, 2.05) is 0 Å². The molecular weight excluding hydrogens is 438 g/mol. The van der Waals surface area contributed by atoms with Crippen LogP contribution in [0, 0.1) is 6.08 Å². The SMILES string of the molecule is Cl.Cl.[C-]1=C(c2ccccc2)C(c2ccccc2)=C(c2ccccc2)C1.[Zr]. The van der Waals surface area contributed by atoms with Crippen molar-refractivity contribution in [3.63, 3.8) is 0 Å². The summed E-state index contributed by atoms with van der Waals surface area (Å²) < 4.78 is 0. The molecule has 0 aliphatic heterocycles. The molecular formula is C23H19Cl2Zr-. The van der Waals surface area contributed by atoms with Gasteiger partial charge < -0.3 is 0 Å². The third-order valence-corrected chi connectivity index (χ3v) is 4.24. The molecule has 0 heterocycles. The van der Waals surface area contributed by atoms with Gasteiger partial charge in [-0.3, -0.25) is 0 Å². The van der Waals surface area contributed by atoms with Crippen LogP contribution in [0.4, 0.5) is 0 Å². The average Bonchev–Trinajstić information content (AvgIpc) is 3.09. The van der Waals surface area contributed by atoms with Crippen molar-refractivity contribution in [3.05, 3.63) is 114 Å². The van der Waals surface area contributed by atoms with Gasteiger partial charge in [-0.25, -0.2) is 0 Å². The maximum Gasteiger partial charge on any atom is 0 e. The summed E-state index contributed by atoms with van der Waals surface area (Å²) in [6.45, 7) is 0. The van der Waals surface area contributed by atoms with Gasteiger partial charge in [-0.05, 0) is 5.56 Å². The standard InChI is InChI=1S/C23H17.2ClH.Zr/c1-4-10-18(11-5-1)21-16-17-22(19-12-6-2-7-13-19)23(21)20-14-8-3-9-15-20;;;/h1-15H,16H2;2*1H;/q-1;;;. The first-order chi connectivity index (χ1) is 11.4. The van der Waals surface area contributed by atoms with Gasteiger partial charge in [0.15, 0.2) is 0 Å². The van der Waals surface area contributed by atoms with Gasteiger partial charge in [0.25, 0.3) is 0 Å². The summed E-state index contributed by atoms with van der Waals surface area (Å²) in [6.07, 6.45) is 4.47. The molecule has 0 nitrogen and oxygen atoms in total. The molecule has 0 aromatic heterocycles. The molecule has 0 atom stereocenters. The zero-order valence-corrected chi connectivity index (χ0v) is 18.3. The van der Waals surface area contributed by atoms with E-state index in [1.54, 1.807) is 0 Å². The van der Waals surface area contributed by atoms with Crippen LogP contribution in [0.2, 0.25) is 0 Å². The maximum atomic E-state index is 3.61. The molecule has 0 spiro atoms. The largest absolute Gasteiger partial charge is 0.196 e. The smallest absolute Gasteiger partial charge is 0 e. The molecule has 0 N–H and O–H groups in total. The minimum absolute atomic E-state index is 0. The summed E-state index contributed by atoms with van der Waals surface area (Å²) in [5, 5.41) is 0. The van der Waals surface area contributed by atoms with E-state index in [0.29, 0.717) is 0 Å². The van der Waals surface area contributed by atoms with Crippen LogP contribution in [0.3, 0.4) is 0 Å². The Balaban J connectivity index is 0.00000113. The second kappa shape index (κ2) is 10.7. The number of benzene rings is 3. The van der Waals surface area contributed by atoms with E-state index in [2.05, 4.69) is 97.1 Å². The molecule has 130 valence electrons. The van der Waals surface area contributed by atoms with Crippen LogP contribution in [0.15, 0.2) is 91.0 Å². The Morgan fingerprint density at radius 2 is 0.962 bits per heavy atom. The van der Waals surface area contributed by atoms with Crippen LogP contribution < -0.4 is 0 Å². The van der Waals surface area contributed by atoms with E-state index in [1.165, 1.54) is 33.4 Å². The number of rotatable bonds is 3. The third kappa shape index (κ3) is 4.66.